The van der Waals surface area contributed by atoms with Crippen molar-refractivity contribution in [2.24, 2.45) is 5.73 Å². The standard InChI is InChI=1S/C12H13ClN2O/c13-8-2-4-10-11(6-8)16-12(15-10)7-1-3-9(14)5-7/h2,4,6-7,9H,1,3,5,14H2. The molecule has 1 aromatic heterocycles. The second kappa shape index (κ2) is 3.75. The minimum Gasteiger partial charge on any atom is -0.440 e. The molecule has 2 aromatic rings. The highest BCUT2D eigenvalue weighted by Gasteiger charge is 2.27. The fourth-order valence-electron chi connectivity index (χ4n) is 2.33. The predicted octanol–water partition coefficient (Wildman–Crippen LogP) is 3.08. The number of nitrogens with two attached hydrogens (primary N) is 1. The van der Waals surface area contributed by atoms with Gasteiger partial charge in [-0.1, -0.05) is 11.6 Å². The van der Waals surface area contributed by atoms with Crippen LogP contribution in [0.4, 0.5) is 0 Å². The highest BCUT2D eigenvalue weighted by atomic mass is 35.5. The van der Waals surface area contributed by atoms with Crippen molar-refractivity contribution >= 4 is 22.7 Å². The molecule has 84 valence electrons. The van der Waals surface area contributed by atoms with Crippen molar-refractivity contribution in [3.05, 3.63) is 29.1 Å². The van der Waals surface area contributed by atoms with Crippen LogP contribution >= 0.6 is 11.6 Å². The summed E-state index contributed by atoms with van der Waals surface area (Å²) in [6.45, 7) is 0. The Labute approximate surface area is 98.6 Å². The van der Waals surface area contributed by atoms with Crippen LogP contribution in [0.3, 0.4) is 0 Å². The first-order valence-electron chi connectivity index (χ1n) is 5.54. The number of hydrogen-bond donors (Lipinski definition) is 1. The molecule has 1 fully saturated rings. The van der Waals surface area contributed by atoms with Gasteiger partial charge in [-0.2, -0.15) is 0 Å². The zero-order chi connectivity index (χ0) is 11.1. The number of rotatable bonds is 1. The van der Waals surface area contributed by atoms with Gasteiger partial charge < -0.3 is 10.2 Å². The van der Waals surface area contributed by atoms with Crippen molar-refractivity contribution in [2.75, 3.05) is 0 Å². The molecular formula is C12H13ClN2O. The number of fused-ring (bicyclic) bond motifs is 1. The molecule has 0 radical (unpaired) electrons. The molecule has 0 amide bonds. The van der Waals surface area contributed by atoms with Gasteiger partial charge in [-0.15, -0.1) is 0 Å². The smallest absolute Gasteiger partial charge is 0.198 e. The third-order valence-corrected chi connectivity index (χ3v) is 3.42. The zero-order valence-corrected chi connectivity index (χ0v) is 9.57. The third-order valence-electron chi connectivity index (χ3n) is 3.19. The summed E-state index contributed by atoms with van der Waals surface area (Å²) in [6, 6.07) is 5.82. The molecular weight excluding hydrogens is 224 g/mol. The number of nitrogens with zero attached hydrogens (tertiary/aromatic N) is 1. The molecule has 0 bridgehead atoms. The Bertz CT molecular complexity index is 523. The predicted molar refractivity (Wildman–Crippen MR) is 63.6 cm³/mol. The minimum absolute atomic E-state index is 0.295. The Morgan fingerprint density at radius 2 is 2.25 bits per heavy atom. The van der Waals surface area contributed by atoms with Crippen molar-refractivity contribution in [3.8, 4) is 0 Å². The number of aromatic nitrogens is 1. The molecule has 3 nitrogen and oxygen atoms in total. The van der Waals surface area contributed by atoms with Gasteiger partial charge in [0.25, 0.3) is 0 Å². The average Bonchev–Trinajstić information content (AvgIpc) is 2.83. The SMILES string of the molecule is NC1CCC(c2nc3ccc(Cl)cc3o2)C1. The molecule has 1 saturated carbocycles. The Morgan fingerprint density at radius 1 is 1.38 bits per heavy atom. The van der Waals surface area contributed by atoms with Gasteiger partial charge in [-0.3, -0.25) is 0 Å². The van der Waals surface area contributed by atoms with E-state index in [1.807, 2.05) is 18.2 Å². The van der Waals surface area contributed by atoms with E-state index in [0.29, 0.717) is 17.0 Å². The molecule has 1 aliphatic rings. The fourth-order valence-corrected chi connectivity index (χ4v) is 2.49. The van der Waals surface area contributed by atoms with E-state index < -0.39 is 0 Å². The maximum absolute atomic E-state index is 5.90. The van der Waals surface area contributed by atoms with Gasteiger partial charge in [-0.05, 0) is 31.4 Å². The Kier molecular flexibility index (Phi) is 2.37. The summed E-state index contributed by atoms with van der Waals surface area (Å²) in [4.78, 5) is 4.49. The van der Waals surface area contributed by atoms with Crippen LogP contribution in [0.5, 0.6) is 0 Å². The molecule has 2 N–H and O–H groups in total. The van der Waals surface area contributed by atoms with E-state index in [4.69, 9.17) is 21.8 Å². The van der Waals surface area contributed by atoms with Crippen molar-refractivity contribution in [1.82, 2.24) is 4.98 Å². The Balaban J connectivity index is 1.99. The quantitative estimate of drug-likeness (QED) is 0.828. The van der Waals surface area contributed by atoms with Gasteiger partial charge in [0.1, 0.15) is 5.52 Å². The number of oxazole rings is 1. The lowest BCUT2D eigenvalue weighted by Crippen LogP contribution is -2.14. The van der Waals surface area contributed by atoms with Gasteiger partial charge in [0.15, 0.2) is 11.5 Å². The Hall–Kier alpha value is -1.06. The van der Waals surface area contributed by atoms with Crippen LogP contribution in [0.25, 0.3) is 11.1 Å². The number of halogens is 1. The monoisotopic (exact) mass is 236 g/mol. The summed E-state index contributed by atoms with van der Waals surface area (Å²) in [6.07, 6.45) is 3.10. The topological polar surface area (TPSA) is 52.0 Å². The van der Waals surface area contributed by atoms with E-state index in [2.05, 4.69) is 4.98 Å². The first-order valence-corrected chi connectivity index (χ1v) is 5.92. The second-order valence-corrected chi connectivity index (χ2v) is 4.87. The molecule has 0 spiro atoms. The number of hydrogen-bond acceptors (Lipinski definition) is 3. The fraction of sp³-hybridized carbons (Fsp3) is 0.417. The van der Waals surface area contributed by atoms with Gasteiger partial charge in [0.2, 0.25) is 0 Å². The van der Waals surface area contributed by atoms with E-state index in [1.54, 1.807) is 0 Å². The van der Waals surface area contributed by atoms with Crippen LogP contribution in [0.15, 0.2) is 22.6 Å². The van der Waals surface area contributed by atoms with Crippen molar-refractivity contribution in [2.45, 2.75) is 31.2 Å². The summed E-state index contributed by atoms with van der Waals surface area (Å²) in [5.74, 6) is 1.19. The van der Waals surface area contributed by atoms with Crippen molar-refractivity contribution < 1.29 is 4.42 Å². The summed E-state index contributed by atoms with van der Waals surface area (Å²) in [5.41, 5.74) is 7.53. The molecule has 1 aliphatic carbocycles. The van der Waals surface area contributed by atoms with Gasteiger partial charge in [0.05, 0.1) is 0 Å². The largest absolute Gasteiger partial charge is 0.440 e. The van der Waals surface area contributed by atoms with E-state index in [0.717, 1.165) is 36.3 Å². The van der Waals surface area contributed by atoms with Crippen LogP contribution in [0.2, 0.25) is 5.02 Å². The zero-order valence-electron chi connectivity index (χ0n) is 8.82. The van der Waals surface area contributed by atoms with Crippen LogP contribution in [0.1, 0.15) is 31.1 Å². The van der Waals surface area contributed by atoms with Crippen molar-refractivity contribution in [1.29, 1.82) is 0 Å². The highest BCUT2D eigenvalue weighted by molar-refractivity contribution is 6.31. The molecule has 16 heavy (non-hydrogen) atoms. The molecule has 1 heterocycles. The van der Waals surface area contributed by atoms with Crippen LogP contribution in [-0.4, -0.2) is 11.0 Å². The normalized spacial score (nSPS) is 25.4. The van der Waals surface area contributed by atoms with E-state index >= 15 is 0 Å². The maximum atomic E-state index is 5.90. The van der Waals surface area contributed by atoms with E-state index in [-0.39, 0.29) is 0 Å². The molecule has 2 atom stereocenters. The lowest BCUT2D eigenvalue weighted by atomic mass is 10.1. The lowest BCUT2D eigenvalue weighted by Gasteiger charge is -2.02. The van der Waals surface area contributed by atoms with Gasteiger partial charge >= 0.3 is 0 Å². The lowest BCUT2D eigenvalue weighted by molar-refractivity contribution is 0.471. The highest BCUT2D eigenvalue weighted by Crippen LogP contribution is 2.34. The third kappa shape index (κ3) is 1.70. The summed E-state index contributed by atoms with van der Waals surface area (Å²) in [5, 5.41) is 0.679. The summed E-state index contributed by atoms with van der Waals surface area (Å²) < 4.78 is 5.73. The molecule has 3 rings (SSSR count). The minimum atomic E-state index is 0.295. The second-order valence-electron chi connectivity index (χ2n) is 4.43. The van der Waals surface area contributed by atoms with Gasteiger partial charge in [0, 0.05) is 23.0 Å². The van der Waals surface area contributed by atoms with Crippen molar-refractivity contribution in [3.63, 3.8) is 0 Å². The molecule has 0 saturated heterocycles. The summed E-state index contributed by atoms with van der Waals surface area (Å²) in [7, 11) is 0. The summed E-state index contributed by atoms with van der Waals surface area (Å²) >= 11 is 5.90. The molecule has 4 heteroatoms. The first kappa shape index (κ1) is 10.1. The Morgan fingerprint density at radius 3 is 3.00 bits per heavy atom. The van der Waals surface area contributed by atoms with Crippen LogP contribution < -0.4 is 5.73 Å². The molecule has 2 unspecified atom stereocenters. The van der Waals surface area contributed by atoms with Crippen LogP contribution in [-0.2, 0) is 0 Å². The molecule has 0 aliphatic heterocycles. The number of benzene rings is 1. The van der Waals surface area contributed by atoms with Gasteiger partial charge in [-0.25, -0.2) is 4.98 Å². The maximum Gasteiger partial charge on any atom is 0.198 e. The molecule has 1 aromatic carbocycles. The van der Waals surface area contributed by atoms with E-state index in [9.17, 15) is 0 Å². The van der Waals surface area contributed by atoms with Crippen LogP contribution in [0, 0.1) is 0 Å². The first-order chi connectivity index (χ1) is 7.72. The van der Waals surface area contributed by atoms with E-state index in [1.165, 1.54) is 0 Å². The average molecular weight is 237 g/mol.